The summed E-state index contributed by atoms with van der Waals surface area (Å²) in [4.78, 5) is 2.49. The highest BCUT2D eigenvalue weighted by molar-refractivity contribution is 4.95. The SMILES string of the molecule is CC(C)CCN1CC(C)(C)NCC1CC#N. The summed E-state index contributed by atoms with van der Waals surface area (Å²) in [5, 5.41) is 12.4. The number of nitrogens with zero attached hydrogens (tertiary/aromatic N) is 2. The molecule has 3 heteroatoms. The van der Waals surface area contributed by atoms with Gasteiger partial charge in [0.2, 0.25) is 0 Å². The Morgan fingerprint density at radius 3 is 2.75 bits per heavy atom. The molecule has 1 fully saturated rings. The zero-order valence-corrected chi connectivity index (χ0v) is 11.1. The average molecular weight is 223 g/mol. The molecule has 1 unspecified atom stereocenters. The minimum atomic E-state index is 0.183. The number of piperazine rings is 1. The summed E-state index contributed by atoms with van der Waals surface area (Å²) in [5.41, 5.74) is 0.183. The molecule has 1 aliphatic rings. The third-order valence-corrected chi connectivity index (χ3v) is 3.25. The maximum Gasteiger partial charge on any atom is 0.0638 e. The van der Waals surface area contributed by atoms with Gasteiger partial charge in [0.15, 0.2) is 0 Å². The van der Waals surface area contributed by atoms with Crippen molar-refractivity contribution in [1.29, 1.82) is 5.26 Å². The second-order valence-corrected chi connectivity index (χ2v) is 5.93. The number of rotatable bonds is 4. The largest absolute Gasteiger partial charge is 0.309 e. The van der Waals surface area contributed by atoms with Crippen LogP contribution in [0.15, 0.2) is 0 Å². The number of nitriles is 1. The van der Waals surface area contributed by atoms with Crippen LogP contribution in [0, 0.1) is 17.2 Å². The molecular formula is C13H25N3. The molecule has 1 saturated heterocycles. The predicted octanol–water partition coefficient (Wildman–Crippen LogP) is 2.00. The van der Waals surface area contributed by atoms with Crippen molar-refractivity contribution in [2.75, 3.05) is 19.6 Å². The molecule has 1 atom stereocenters. The van der Waals surface area contributed by atoms with Gasteiger partial charge in [-0.05, 0) is 32.7 Å². The molecule has 0 aromatic rings. The molecular weight excluding hydrogens is 198 g/mol. The molecule has 1 heterocycles. The van der Waals surface area contributed by atoms with Gasteiger partial charge in [-0.2, -0.15) is 5.26 Å². The van der Waals surface area contributed by atoms with Crippen LogP contribution in [0.5, 0.6) is 0 Å². The highest BCUT2D eigenvalue weighted by Gasteiger charge is 2.31. The number of nitrogens with one attached hydrogen (secondary N) is 1. The highest BCUT2D eigenvalue weighted by atomic mass is 15.2. The summed E-state index contributed by atoms with van der Waals surface area (Å²) in [6.45, 7) is 12.1. The summed E-state index contributed by atoms with van der Waals surface area (Å²) < 4.78 is 0. The third kappa shape index (κ3) is 4.11. The molecule has 1 aliphatic heterocycles. The second kappa shape index (κ2) is 5.65. The molecule has 1 rings (SSSR count). The highest BCUT2D eigenvalue weighted by Crippen LogP contribution is 2.18. The van der Waals surface area contributed by atoms with E-state index in [0.717, 1.165) is 25.6 Å². The summed E-state index contributed by atoms with van der Waals surface area (Å²) in [6, 6.07) is 2.70. The first-order valence-corrected chi connectivity index (χ1v) is 6.30. The van der Waals surface area contributed by atoms with Gasteiger partial charge in [-0.3, -0.25) is 4.90 Å². The molecule has 16 heavy (non-hydrogen) atoms. The smallest absolute Gasteiger partial charge is 0.0638 e. The Hall–Kier alpha value is -0.590. The van der Waals surface area contributed by atoms with Crippen LogP contribution in [0.2, 0.25) is 0 Å². The van der Waals surface area contributed by atoms with Crippen LogP contribution < -0.4 is 5.32 Å². The Morgan fingerprint density at radius 1 is 1.50 bits per heavy atom. The molecule has 0 radical (unpaired) electrons. The van der Waals surface area contributed by atoms with Gasteiger partial charge in [-0.25, -0.2) is 0 Å². The monoisotopic (exact) mass is 223 g/mol. The molecule has 1 N–H and O–H groups in total. The molecule has 92 valence electrons. The molecule has 0 saturated carbocycles. The fraction of sp³-hybridized carbons (Fsp3) is 0.923. The van der Waals surface area contributed by atoms with Gasteiger partial charge in [-0.15, -0.1) is 0 Å². The second-order valence-electron chi connectivity index (χ2n) is 5.93. The quantitative estimate of drug-likeness (QED) is 0.792. The van der Waals surface area contributed by atoms with E-state index in [-0.39, 0.29) is 5.54 Å². The van der Waals surface area contributed by atoms with Crippen LogP contribution in [-0.4, -0.2) is 36.1 Å². The maximum absolute atomic E-state index is 8.84. The minimum absolute atomic E-state index is 0.183. The Morgan fingerprint density at radius 2 is 2.19 bits per heavy atom. The zero-order valence-electron chi connectivity index (χ0n) is 11.1. The zero-order chi connectivity index (χ0) is 12.2. The maximum atomic E-state index is 8.84. The average Bonchev–Trinajstić information content (AvgIpc) is 2.18. The molecule has 0 aromatic heterocycles. The van der Waals surface area contributed by atoms with Crippen molar-refractivity contribution in [3.63, 3.8) is 0 Å². The van der Waals surface area contributed by atoms with Crippen molar-refractivity contribution in [2.45, 2.75) is 52.1 Å². The molecule has 0 bridgehead atoms. The first kappa shape index (κ1) is 13.5. The molecule has 3 nitrogen and oxygen atoms in total. The van der Waals surface area contributed by atoms with Crippen LogP contribution in [0.3, 0.4) is 0 Å². The van der Waals surface area contributed by atoms with Crippen LogP contribution in [-0.2, 0) is 0 Å². The third-order valence-electron chi connectivity index (χ3n) is 3.25. The van der Waals surface area contributed by atoms with Gasteiger partial charge < -0.3 is 5.32 Å². The van der Waals surface area contributed by atoms with Gasteiger partial charge in [-0.1, -0.05) is 13.8 Å². The Balaban J connectivity index is 2.54. The first-order valence-electron chi connectivity index (χ1n) is 6.30. The van der Waals surface area contributed by atoms with E-state index in [1.165, 1.54) is 6.42 Å². The fourth-order valence-corrected chi connectivity index (χ4v) is 2.21. The topological polar surface area (TPSA) is 39.1 Å². The van der Waals surface area contributed by atoms with E-state index in [4.69, 9.17) is 5.26 Å². The van der Waals surface area contributed by atoms with Crippen LogP contribution in [0.1, 0.15) is 40.5 Å². The Bertz CT molecular complexity index is 252. The van der Waals surface area contributed by atoms with E-state index in [9.17, 15) is 0 Å². The standard InChI is InChI=1S/C13H25N3/c1-11(2)6-8-16-10-13(3,4)15-9-12(16)5-7-14/h11-12,15H,5-6,8-10H2,1-4H3. The van der Waals surface area contributed by atoms with Crippen molar-refractivity contribution < 1.29 is 0 Å². The minimum Gasteiger partial charge on any atom is -0.309 e. The van der Waals surface area contributed by atoms with Crippen molar-refractivity contribution >= 4 is 0 Å². The van der Waals surface area contributed by atoms with E-state index < -0.39 is 0 Å². The fourth-order valence-electron chi connectivity index (χ4n) is 2.21. The number of hydrogen-bond acceptors (Lipinski definition) is 3. The summed E-state index contributed by atoms with van der Waals surface area (Å²) >= 11 is 0. The molecule has 0 aliphatic carbocycles. The summed E-state index contributed by atoms with van der Waals surface area (Å²) in [5.74, 6) is 0.737. The van der Waals surface area contributed by atoms with E-state index in [0.29, 0.717) is 12.5 Å². The van der Waals surface area contributed by atoms with Crippen molar-refractivity contribution in [3.8, 4) is 6.07 Å². The summed E-state index contributed by atoms with van der Waals surface area (Å²) in [6.07, 6.45) is 1.86. The summed E-state index contributed by atoms with van der Waals surface area (Å²) in [7, 11) is 0. The van der Waals surface area contributed by atoms with Crippen molar-refractivity contribution in [2.24, 2.45) is 5.92 Å². The molecule has 0 amide bonds. The Kier molecular flexibility index (Phi) is 4.76. The lowest BCUT2D eigenvalue weighted by Crippen LogP contribution is -2.61. The van der Waals surface area contributed by atoms with Gasteiger partial charge in [0.25, 0.3) is 0 Å². The molecule has 0 aromatic carbocycles. The van der Waals surface area contributed by atoms with E-state index in [1.54, 1.807) is 0 Å². The van der Waals surface area contributed by atoms with E-state index >= 15 is 0 Å². The van der Waals surface area contributed by atoms with Gasteiger partial charge in [0, 0.05) is 24.7 Å². The lowest BCUT2D eigenvalue weighted by molar-refractivity contribution is 0.0925. The first-order chi connectivity index (χ1) is 7.44. The Labute approximate surface area is 99.8 Å². The van der Waals surface area contributed by atoms with Gasteiger partial charge >= 0.3 is 0 Å². The van der Waals surface area contributed by atoms with Crippen molar-refractivity contribution in [3.05, 3.63) is 0 Å². The lowest BCUT2D eigenvalue weighted by atomic mass is 9.96. The lowest BCUT2D eigenvalue weighted by Gasteiger charge is -2.44. The van der Waals surface area contributed by atoms with Crippen molar-refractivity contribution in [1.82, 2.24) is 10.2 Å². The van der Waals surface area contributed by atoms with Crippen LogP contribution in [0.4, 0.5) is 0 Å². The number of hydrogen-bond donors (Lipinski definition) is 1. The van der Waals surface area contributed by atoms with Crippen LogP contribution >= 0.6 is 0 Å². The predicted molar refractivity (Wildman–Crippen MR) is 67.1 cm³/mol. The molecule has 0 spiro atoms. The van der Waals surface area contributed by atoms with Gasteiger partial charge in [0.05, 0.1) is 12.5 Å². The van der Waals surface area contributed by atoms with E-state index in [1.807, 2.05) is 0 Å². The van der Waals surface area contributed by atoms with Gasteiger partial charge in [0.1, 0.15) is 0 Å². The normalized spacial score (nSPS) is 25.6. The van der Waals surface area contributed by atoms with E-state index in [2.05, 4.69) is 44.0 Å². The van der Waals surface area contributed by atoms with Crippen LogP contribution in [0.25, 0.3) is 0 Å².